The Balaban J connectivity index is 1.57. The third-order valence-corrected chi connectivity index (χ3v) is 5.96. The van der Waals surface area contributed by atoms with E-state index in [1.54, 1.807) is 14.0 Å². The predicted molar refractivity (Wildman–Crippen MR) is 117 cm³/mol. The second-order valence-corrected chi connectivity index (χ2v) is 7.96. The number of hydrogen-bond acceptors (Lipinski definition) is 5. The van der Waals surface area contributed by atoms with Crippen LogP contribution in [0.5, 0.6) is 11.5 Å². The number of ether oxygens (including phenoxy) is 2. The summed E-state index contributed by atoms with van der Waals surface area (Å²) in [6.45, 7) is 5.89. The van der Waals surface area contributed by atoms with Gasteiger partial charge < -0.3 is 14.8 Å². The molecule has 5 nitrogen and oxygen atoms in total. The van der Waals surface area contributed by atoms with Crippen molar-refractivity contribution >= 4 is 28.8 Å². The second kappa shape index (κ2) is 9.29. The summed E-state index contributed by atoms with van der Waals surface area (Å²) in [4.78, 5) is 17.0. The predicted octanol–water partition coefficient (Wildman–Crippen LogP) is 5.17. The molecule has 0 radical (unpaired) electrons. The van der Waals surface area contributed by atoms with E-state index in [1.807, 2.05) is 55.6 Å². The summed E-state index contributed by atoms with van der Waals surface area (Å²) in [6, 6.07) is 11.4. The molecular weight excluding hydrogens is 408 g/mol. The molecule has 0 unspecified atom stereocenters. The highest BCUT2D eigenvalue weighted by molar-refractivity contribution is 7.13. The third-order valence-electron chi connectivity index (χ3n) is 4.42. The monoisotopic (exact) mass is 430 g/mol. The van der Waals surface area contributed by atoms with E-state index < -0.39 is 6.10 Å². The van der Waals surface area contributed by atoms with E-state index in [0.717, 1.165) is 33.1 Å². The Bertz CT molecular complexity index is 979. The molecule has 0 fully saturated rings. The van der Waals surface area contributed by atoms with E-state index in [-0.39, 0.29) is 5.91 Å². The molecule has 0 aliphatic carbocycles. The van der Waals surface area contributed by atoms with Crippen LogP contribution in [0, 0.1) is 13.8 Å². The number of rotatable bonds is 7. The summed E-state index contributed by atoms with van der Waals surface area (Å²) in [7, 11) is 1.64. The molecule has 1 amide bonds. The maximum atomic E-state index is 12.4. The summed E-state index contributed by atoms with van der Waals surface area (Å²) in [6.07, 6.45) is -0.630. The molecule has 0 aliphatic rings. The molecule has 1 heterocycles. The summed E-state index contributed by atoms with van der Waals surface area (Å²) >= 11 is 7.72. The molecule has 1 atom stereocenters. The highest BCUT2D eigenvalue weighted by Gasteiger charge is 2.16. The van der Waals surface area contributed by atoms with Gasteiger partial charge in [-0.3, -0.25) is 4.79 Å². The minimum atomic E-state index is -0.630. The lowest BCUT2D eigenvalue weighted by molar-refractivity contribution is -0.127. The Hall–Kier alpha value is -2.57. The molecule has 1 aromatic heterocycles. The first-order valence-electron chi connectivity index (χ1n) is 9.17. The number of thiazole rings is 1. The van der Waals surface area contributed by atoms with Gasteiger partial charge in [-0.1, -0.05) is 11.6 Å². The van der Waals surface area contributed by atoms with Crippen LogP contribution in [0.2, 0.25) is 5.02 Å². The van der Waals surface area contributed by atoms with Crippen molar-refractivity contribution in [2.45, 2.75) is 33.4 Å². The molecule has 3 aromatic rings. The van der Waals surface area contributed by atoms with Gasteiger partial charge in [0.05, 0.1) is 19.3 Å². The van der Waals surface area contributed by atoms with Crippen LogP contribution >= 0.6 is 22.9 Å². The number of benzene rings is 2. The number of carbonyl (C=O) groups excluding carboxylic acids is 1. The maximum absolute atomic E-state index is 12.4. The molecule has 152 valence electrons. The molecule has 0 saturated carbocycles. The summed E-state index contributed by atoms with van der Waals surface area (Å²) in [5, 5.41) is 6.43. The van der Waals surface area contributed by atoms with Gasteiger partial charge in [0.2, 0.25) is 0 Å². The number of hydrogen-bond donors (Lipinski definition) is 1. The average molecular weight is 431 g/mol. The van der Waals surface area contributed by atoms with E-state index in [1.165, 1.54) is 11.3 Å². The topological polar surface area (TPSA) is 60.5 Å². The molecule has 2 aromatic carbocycles. The van der Waals surface area contributed by atoms with Crippen molar-refractivity contribution in [3.05, 3.63) is 63.6 Å². The molecule has 0 spiro atoms. The van der Waals surface area contributed by atoms with Crippen molar-refractivity contribution in [3.8, 4) is 22.1 Å². The fourth-order valence-corrected chi connectivity index (χ4v) is 3.74. The van der Waals surface area contributed by atoms with Crippen molar-refractivity contribution in [1.82, 2.24) is 10.3 Å². The van der Waals surface area contributed by atoms with E-state index in [9.17, 15) is 4.79 Å². The van der Waals surface area contributed by atoms with E-state index in [0.29, 0.717) is 17.3 Å². The van der Waals surface area contributed by atoms with E-state index in [2.05, 4.69) is 10.3 Å². The van der Waals surface area contributed by atoms with Crippen molar-refractivity contribution in [2.24, 2.45) is 0 Å². The molecular formula is C22H23ClN2O3S. The first-order chi connectivity index (χ1) is 13.9. The van der Waals surface area contributed by atoms with Gasteiger partial charge in [0.15, 0.2) is 6.10 Å². The van der Waals surface area contributed by atoms with Gasteiger partial charge in [0.1, 0.15) is 16.5 Å². The molecule has 29 heavy (non-hydrogen) atoms. The van der Waals surface area contributed by atoms with Crippen LogP contribution in [0.4, 0.5) is 0 Å². The molecule has 7 heteroatoms. The number of aromatic nitrogens is 1. The van der Waals surface area contributed by atoms with Crippen LogP contribution in [0.1, 0.15) is 23.7 Å². The normalized spacial score (nSPS) is 11.8. The van der Waals surface area contributed by atoms with Crippen LogP contribution in [0.25, 0.3) is 10.6 Å². The smallest absolute Gasteiger partial charge is 0.261 e. The van der Waals surface area contributed by atoms with Gasteiger partial charge in [-0.15, -0.1) is 11.3 Å². The number of nitrogens with zero attached hydrogens (tertiary/aromatic N) is 1. The quantitative estimate of drug-likeness (QED) is 0.561. The Labute approximate surface area is 179 Å². The van der Waals surface area contributed by atoms with Crippen molar-refractivity contribution in [2.75, 3.05) is 7.11 Å². The summed E-state index contributed by atoms with van der Waals surface area (Å²) in [5.41, 5.74) is 3.66. The lowest BCUT2D eigenvalue weighted by Crippen LogP contribution is -2.36. The number of nitrogens with one attached hydrogen (secondary N) is 1. The Morgan fingerprint density at radius 1 is 1.17 bits per heavy atom. The number of aryl methyl sites for hydroxylation is 2. The zero-order chi connectivity index (χ0) is 21.0. The Morgan fingerprint density at radius 3 is 2.45 bits per heavy atom. The van der Waals surface area contributed by atoms with Crippen molar-refractivity contribution < 1.29 is 14.3 Å². The molecule has 3 rings (SSSR count). The highest BCUT2D eigenvalue weighted by Crippen LogP contribution is 2.27. The highest BCUT2D eigenvalue weighted by atomic mass is 35.5. The SMILES string of the molecule is COc1ccc(-c2nc(CNC(=O)[C@@H](C)Oc3cc(C)c(Cl)c(C)c3)cs2)cc1. The third kappa shape index (κ3) is 5.28. The van der Waals surface area contributed by atoms with E-state index >= 15 is 0 Å². The average Bonchev–Trinajstić information content (AvgIpc) is 3.19. The Kier molecular flexibility index (Phi) is 6.77. The largest absolute Gasteiger partial charge is 0.497 e. The van der Waals surface area contributed by atoms with Crippen LogP contribution in [-0.4, -0.2) is 24.1 Å². The van der Waals surface area contributed by atoms with E-state index in [4.69, 9.17) is 21.1 Å². The van der Waals surface area contributed by atoms with Crippen molar-refractivity contribution in [3.63, 3.8) is 0 Å². The van der Waals surface area contributed by atoms with Crippen LogP contribution in [-0.2, 0) is 11.3 Å². The van der Waals surface area contributed by atoms with Crippen LogP contribution in [0.15, 0.2) is 41.8 Å². The van der Waals surface area contributed by atoms with Crippen LogP contribution in [0.3, 0.4) is 0 Å². The molecule has 0 aliphatic heterocycles. The van der Waals surface area contributed by atoms with Crippen molar-refractivity contribution in [1.29, 1.82) is 0 Å². The minimum absolute atomic E-state index is 0.200. The zero-order valence-corrected chi connectivity index (χ0v) is 18.4. The maximum Gasteiger partial charge on any atom is 0.261 e. The first-order valence-corrected chi connectivity index (χ1v) is 10.4. The zero-order valence-electron chi connectivity index (χ0n) is 16.8. The number of carbonyl (C=O) groups is 1. The molecule has 0 saturated heterocycles. The first kappa shape index (κ1) is 21.1. The number of halogens is 1. The fraction of sp³-hybridized carbons (Fsp3) is 0.273. The Morgan fingerprint density at radius 2 is 1.83 bits per heavy atom. The van der Waals surface area contributed by atoms with Crippen LogP contribution < -0.4 is 14.8 Å². The van der Waals surface area contributed by atoms with Gasteiger partial charge in [-0.05, 0) is 68.3 Å². The van der Waals surface area contributed by atoms with Gasteiger partial charge >= 0.3 is 0 Å². The summed E-state index contributed by atoms with van der Waals surface area (Å²) in [5.74, 6) is 1.23. The molecule has 0 bridgehead atoms. The number of amides is 1. The van der Waals surface area contributed by atoms with Gasteiger partial charge in [-0.2, -0.15) is 0 Å². The fourth-order valence-electron chi connectivity index (χ4n) is 2.81. The minimum Gasteiger partial charge on any atom is -0.497 e. The number of methoxy groups -OCH3 is 1. The standard InChI is InChI=1S/C22H23ClN2O3S/c1-13-9-19(10-14(2)20(13)23)28-15(3)21(26)24-11-17-12-29-22(25-17)16-5-7-18(27-4)8-6-16/h5-10,12,15H,11H2,1-4H3,(H,24,26)/t15-/m1/s1. The van der Waals surface area contributed by atoms with Gasteiger partial charge in [0, 0.05) is 16.0 Å². The van der Waals surface area contributed by atoms with Gasteiger partial charge in [0.25, 0.3) is 5.91 Å². The summed E-state index contributed by atoms with van der Waals surface area (Å²) < 4.78 is 11.0. The lowest BCUT2D eigenvalue weighted by Gasteiger charge is -2.16. The molecule has 1 N–H and O–H groups in total. The second-order valence-electron chi connectivity index (χ2n) is 6.72. The van der Waals surface area contributed by atoms with Gasteiger partial charge in [-0.25, -0.2) is 4.98 Å². The lowest BCUT2D eigenvalue weighted by atomic mass is 10.1.